The van der Waals surface area contributed by atoms with Crippen LogP contribution < -0.4 is 10.2 Å². The van der Waals surface area contributed by atoms with E-state index in [1.165, 1.54) is 17.7 Å². The Bertz CT molecular complexity index is 331. The minimum absolute atomic E-state index is 0.167. The van der Waals surface area contributed by atoms with Crippen molar-refractivity contribution >= 4 is 5.91 Å². The zero-order chi connectivity index (χ0) is 11.2. The second kappa shape index (κ2) is 5.66. The minimum atomic E-state index is 0.167. The third-order valence-corrected chi connectivity index (χ3v) is 3.05. The number of rotatable bonds is 4. The van der Waals surface area contributed by atoms with E-state index in [9.17, 15) is 4.79 Å². The van der Waals surface area contributed by atoms with Crippen LogP contribution in [-0.4, -0.2) is 25.5 Å². The molecule has 1 aromatic carbocycles. The molecule has 0 atom stereocenters. The molecule has 3 heteroatoms. The van der Waals surface area contributed by atoms with Crippen molar-refractivity contribution in [3.8, 4) is 0 Å². The van der Waals surface area contributed by atoms with Crippen molar-refractivity contribution in [1.29, 1.82) is 0 Å². The van der Waals surface area contributed by atoms with E-state index >= 15 is 0 Å². The number of nitrogens with one attached hydrogen (secondary N) is 2. The summed E-state index contributed by atoms with van der Waals surface area (Å²) >= 11 is 0. The molecule has 1 fully saturated rings. The van der Waals surface area contributed by atoms with Crippen molar-refractivity contribution in [3.05, 3.63) is 35.9 Å². The number of amides is 1. The van der Waals surface area contributed by atoms with Gasteiger partial charge in [0.25, 0.3) is 5.91 Å². The van der Waals surface area contributed by atoms with Gasteiger partial charge in [-0.1, -0.05) is 30.3 Å². The summed E-state index contributed by atoms with van der Waals surface area (Å²) in [5.74, 6) is 0.167. The van der Waals surface area contributed by atoms with E-state index in [2.05, 4.69) is 5.32 Å². The van der Waals surface area contributed by atoms with E-state index in [4.69, 9.17) is 0 Å². The largest absolute Gasteiger partial charge is 0.347 e. The molecular weight excluding hydrogens is 200 g/mol. The minimum Gasteiger partial charge on any atom is -0.347 e. The summed E-state index contributed by atoms with van der Waals surface area (Å²) in [5.41, 5.74) is 1.16. The predicted molar refractivity (Wildman–Crippen MR) is 63.1 cm³/mol. The number of carbonyl (C=O) groups is 1. The van der Waals surface area contributed by atoms with Crippen LogP contribution in [-0.2, 0) is 11.3 Å². The highest BCUT2D eigenvalue weighted by Crippen LogP contribution is 1.96. The highest BCUT2D eigenvalue weighted by molar-refractivity contribution is 5.76. The van der Waals surface area contributed by atoms with Gasteiger partial charge in [0.15, 0.2) is 6.54 Å². The fourth-order valence-corrected chi connectivity index (χ4v) is 2.14. The smallest absolute Gasteiger partial charge is 0.275 e. The van der Waals surface area contributed by atoms with Crippen molar-refractivity contribution < 1.29 is 9.69 Å². The first-order valence-electron chi connectivity index (χ1n) is 5.99. The van der Waals surface area contributed by atoms with E-state index in [-0.39, 0.29) is 5.91 Å². The molecule has 0 bridgehead atoms. The maximum absolute atomic E-state index is 11.6. The molecule has 1 aliphatic rings. The molecular formula is C13H19N2O+. The second-order valence-electron chi connectivity index (χ2n) is 4.40. The van der Waals surface area contributed by atoms with E-state index in [0.29, 0.717) is 13.1 Å². The third kappa shape index (κ3) is 3.35. The summed E-state index contributed by atoms with van der Waals surface area (Å²) < 4.78 is 0. The molecule has 0 aliphatic carbocycles. The van der Waals surface area contributed by atoms with Crippen molar-refractivity contribution in [1.82, 2.24) is 5.32 Å². The van der Waals surface area contributed by atoms with Crippen LogP contribution in [0.3, 0.4) is 0 Å². The molecule has 2 rings (SSSR count). The number of quaternary nitrogens is 1. The highest BCUT2D eigenvalue weighted by Gasteiger charge is 2.18. The Balaban J connectivity index is 1.71. The van der Waals surface area contributed by atoms with Gasteiger partial charge in [0, 0.05) is 19.4 Å². The van der Waals surface area contributed by atoms with Gasteiger partial charge in [-0.05, 0) is 5.56 Å². The molecule has 16 heavy (non-hydrogen) atoms. The molecule has 1 aromatic rings. The van der Waals surface area contributed by atoms with E-state index < -0.39 is 0 Å². The molecule has 2 N–H and O–H groups in total. The third-order valence-electron chi connectivity index (χ3n) is 3.05. The summed E-state index contributed by atoms with van der Waals surface area (Å²) in [6.07, 6.45) is 2.53. The Kier molecular flexibility index (Phi) is 3.94. The van der Waals surface area contributed by atoms with Gasteiger partial charge in [-0.25, -0.2) is 0 Å². The van der Waals surface area contributed by atoms with Gasteiger partial charge in [-0.15, -0.1) is 0 Å². The van der Waals surface area contributed by atoms with Gasteiger partial charge in [0.2, 0.25) is 0 Å². The number of carbonyl (C=O) groups excluding carboxylic acids is 1. The second-order valence-corrected chi connectivity index (χ2v) is 4.40. The number of benzene rings is 1. The van der Waals surface area contributed by atoms with Gasteiger partial charge in [0.1, 0.15) is 0 Å². The first kappa shape index (κ1) is 11.1. The van der Waals surface area contributed by atoms with Crippen molar-refractivity contribution in [2.75, 3.05) is 19.6 Å². The zero-order valence-corrected chi connectivity index (χ0v) is 9.54. The van der Waals surface area contributed by atoms with E-state index in [1.54, 1.807) is 0 Å². The lowest BCUT2D eigenvalue weighted by molar-refractivity contribution is -0.879. The molecule has 0 unspecified atom stereocenters. The van der Waals surface area contributed by atoms with E-state index in [0.717, 1.165) is 18.7 Å². The Morgan fingerprint density at radius 3 is 2.56 bits per heavy atom. The molecule has 3 nitrogen and oxygen atoms in total. The first-order chi connectivity index (χ1) is 7.84. The van der Waals surface area contributed by atoms with Crippen molar-refractivity contribution in [2.45, 2.75) is 19.4 Å². The lowest BCUT2D eigenvalue weighted by Crippen LogP contribution is -3.11. The van der Waals surface area contributed by atoms with Gasteiger partial charge < -0.3 is 10.2 Å². The fourth-order valence-electron chi connectivity index (χ4n) is 2.14. The van der Waals surface area contributed by atoms with Crippen LogP contribution in [0, 0.1) is 0 Å². The number of hydrogen-bond acceptors (Lipinski definition) is 1. The molecule has 0 aromatic heterocycles. The Labute approximate surface area is 96.5 Å². The zero-order valence-electron chi connectivity index (χ0n) is 9.54. The Morgan fingerprint density at radius 1 is 1.19 bits per heavy atom. The molecule has 86 valence electrons. The fraction of sp³-hybridized carbons (Fsp3) is 0.462. The molecule has 1 amide bonds. The average molecular weight is 219 g/mol. The summed E-state index contributed by atoms with van der Waals surface area (Å²) in [6, 6.07) is 10.0. The SMILES string of the molecule is O=C(C[NH+]1CCCC1)NCc1ccccc1. The molecule has 0 spiro atoms. The van der Waals surface area contributed by atoms with Crippen LogP contribution in [0.2, 0.25) is 0 Å². The molecule has 1 aliphatic heterocycles. The predicted octanol–water partition coefficient (Wildman–Crippen LogP) is -0.0185. The van der Waals surface area contributed by atoms with Crippen LogP contribution in [0.25, 0.3) is 0 Å². The molecule has 0 saturated carbocycles. The molecule has 1 saturated heterocycles. The van der Waals surface area contributed by atoms with Crippen LogP contribution >= 0.6 is 0 Å². The van der Waals surface area contributed by atoms with Gasteiger partial charge in [-0.2, -0.15) is 0 Å². The summed E-state index contributed by atoms with van der Waals surface area (Å²) in [4.78, 5) is 13.1. The van der Waals surface area contributed by atoms with Crippen LogP contribution in [0.5, 0.6) is 0 Å². The average Bonchev–Trinajstić information content (AvgIpc) is 2.81. The first-order valence-corrected chi connectivity index (χ1v) is 5.99. The monoisotopic (exact) mass is 219 g/mol. The highest BCUT2D eigenvalue weighted by atomic mass is 16.2. The Hall–Kier alpha value is -1.35. The van der Waals surface area contributed by atoms with Gasteiger partial charge in [0.05, 0.1) is 13.1 Å². The van der Waals surface area contributed by atoms with Crippen molar-refractivity contribution in [3.63, 3.8) is 0 Å². The maximum atomic E-state index is 11.6. The lowest BCUT2D eigenvalue weighted by atomic mass is 10.2. The Morgan fingerprint density at radius 2 is 1.88 bits per heavy atom. The van der Waals surface area contributed by atoms with Crippen molar-refractivity contribution in [2.24, 2.45) is 0 Å². The van der Waals surface area contributed by atoms with E-state index in [1.807, 2.05) is 30.3 Å². The molecule has 1 heterocycles. The van der Waals surface area contributed by atoms with Crippen LogP contribution in [0.15, 0.2) is 30.3 Å². The maximum Gasteiger partial charge on any atom is 0.275 e. The van der Waals surface area contributed by atoms with Gasteiger partial charge >= 0.3 is 0 Å². The number of hydrogen-bond donors (Lipinski definition) is 2. The normalized spacial score (nSPS) is 16.2. The summed E-state index contributed by atoms with van der Waals surface area (Å²) in [7, 11) is 0. The molecule has 0 radical (unpaired) electrons. The lowest BCUT2D eigenvalue weighted by Gasteiger charge is -2.11. The topological polar surface area (TPSA) is 33.5 Å². The van der Waals surface area contributed by atoms with Gasteiger partial charge in [-0.3, -0.25) is 4.79 Å². The van der Waals surface area contributed by atoms with Crippen LogP contribution in [0.4, 0.5) is 0 Å². The quantitative estimate of drug-likeness (QED) is 0.733. The summed E-state index contributed by atoms with van der Waals surface area (Å²) in [5, 5.41) is 2.97. The summed E-state index contributed by atoms with van der Waals surface area (Å²) in [6.45, 7) is 3.58. The van der Waals surface area contributed by atoms with Crippen LogP contribution in [0.1, 0.15) is 18.4 Å². The number of likely N-dealkylation sites (tertiary alicyclic amines) is 1. The standard InChI is InChI=1S/C13H18N2O/c16-13(11-15-8-4-5-9-15)14-10-12-6-2-1-3-7-12/h1-3,6-7H,4-5,8-11H2,(H,14,16)/p+1.